The third-order valence-corrected chi connectivity index (χ3v) is 5.70. The average molecular weight is 465 g/mol. The van der Waals surface area contributed by atoms with Crippen molar-refractivity contribution in [1.82, 2.24) is 14.8 Å². The van der Waals surface area contributed by atoms with Crippen LogP contribution < -0.4 is 14.8 Å². The number of amides is 1. The Hall–Kier alpha value is -3.72. The van der Waals surface area contributed by atoms with Gasteiger partial charge >= 0.3 is 0 Å². The summed E-state index contributed by atoms with van der Waals surface area (Å²) < 4.78 is 18.4. The number of ether oxygens (including phenoxy) is 2. The zero-order valence-electron chi connectivity index (χ0n) is 18.4. The van der Waals surface area contributed by atoms with Crippen LogP contribution in [0.5, 0.6) is 11.5 Å². The van der Waals surface area contributed by atoms with Crippen LogP contribution in [-0.4, -0.2) is 40.1 Å². The summed E-state index contributed by atoms with van der Waals surface area (Å²) in [5, 5.41) is 12.2. The maximum atomic E-state index is 12.7. The topological polar surface area (TPSA) is 91.4 Å². The molecule has 33 heavy (non-hydrogen) atoms. The van der Waals surface area contributed by atoms with Crippen LogP contribution >= 0.6 is 11.8 Å². The number of para-hydroxylation sites is 2. The Morgan fingerprint density at radius 1 is 1.12 bits per heavy atom. The zero-order valence-corrected chi connectivity index (χ0v) is 19.2. The van der Waals surface area contributed by atoms with Gasteiger partial charge in [-0.1, -0.05) is 36.0 Å². The number of furan rings is 1. The van der Waals surface area contributed by atoms with E-state index in [0.29, 0.717) is 35.6 Å². The molecule has 4 rings (SSSR count). The molecule has 0 saturated heterocycles. The fourth-order valence-electron chi connectivity index (χ4n) is 3.24. The minimum atomic E-state index is -0.164. The van der Waals surface area contributed by atoms with E-state index in [1.54, 1.807) is 13.4 Å². The Labute approximate surface area is 195 Å². The first-order chi connectivity index (χ1) is 16.2. The van der Waals surface area contributed by atoms with Gasteiger partial charge in [0.1, 0.15) is 17.3 Å². The number of benzene rings is 2. The molecule has 0 unspecified atom stereocenters. The number of carbonyl (C=O) groups excluding carboxylic acids is 1. The van der Waals surface area contributed by atoms with Crippen molar-refractivity contribution in [1.29, 1.82) is 0 Å². The van der Waals surface area contributed by atoms with Crippen molar-refractivity contribution >= 4 is 23.4 Å². The summed E-state index contributed by atoms with van der Waals surface area (Å²) in [5.41, 5.74) is 1.49. The van der Waals surface area contributed by atoms with E-state index < -0.39 is 0 Å². The number of nitrogens with zero attached hydrogens (tertiary/aromatic N) is 3. The number of nitrogens with one attached hydrogen (secondary N) is 1. The van der Waals surface area contributed by atoms with Crippen LogP contribution in [0.25, 0.3) is 11.4 Å². The molecule has 2 heterocycles. The largest absolute Gasteiger partial charge is 0.497 e. The Kier molecular flexibility index (Phi) is 7.31. The standard InChI is InChI=1S/C24H24N4O4S/c1-3-31-21-12-5-4-11-20(21)25-22(29)16-33-24-27-26-23(17-8-6-9-18(14-17)30-2)28(24)15-19-10-7-13-32-19/h4-14H,3,15-16H2,1-2H3,(H,25,29). The Bertz CT molecular complexity index is 1210. The average Bonchev–Trinajstić information content (AvgIpc) is 3.50. The molecular formula is C24H24N4O4S. The second-order valence-electron chi connectivity index (χ2n) is 6.97. The predicted octanol–water partition coefficient (Wildman–Crippen LogP) is 4.72. The summed E-state index contributed by atoms with van der Waals surface area (Å²) in [7, 11) is 1.62. The third kappa shape index (κ3) is 5.56. The lowest BCUT2D eigenvalue weighted by Gasteiger charge is -2.12. The first-order valence-electron chi connectivity index (χ1n) is 10.4. The minimum Gasteiger partial charge on any atom is -0.497 e. The van der Waals surface area contributed by atoms with Gasteiger partial charge in [0.05, 0.1) is 38.0 Å². The molecule has 2 aromatic carbocycles. The Morgan fingerprint density at radius 3 is 2.79 bits per heavy atom. The molecule has 2 aromatic heterocycles. The fraction of sp³-hybridized carbons (Fsp3) is 0.208. The number of anilines is 1. The van der Waals surface area contributed by atoms with Gasteiger partial charge in [0.2, 0.25) is 5.91 Å². The van der Waals surface area contributed by atoms with E-state index in [-0.39, 0.29) is 11.7 Å². The number of methoxy groups -OCH3 is 1. The van der Waals surface area contributed by atoms with Crippen molar-refractivity contribution in [3.05, 3.63) is 72.7 Å². The lowest BCUT2D eigenvalue weighted by Crippen LogP contribution is -2.15. The molecule has 0 aliphatic carbocycles. The Morgan fingerprint density at radius 2 is 2.00 bits per heavy atom. The first-order valence-corrected chi connectivity index (χ1v) is 11.4. The van der Waals surface area contributed by atoms with Gasteiger partial charge in [-0.2, -0.15) is 0 Å². The van der Waals surface area contributed by atoms with E-state index in [0.717, 1.165) is 17.1 Å². The Balaban J connectivity index is 1.53. The molecule has 170 valence electrons. The highest BCUT2D eigenvalue weighted by atomic mass is 32.2. The maximum Gasteiger partial charge on any atom is 0.234 e. The molecule has 0 fully saturated rings. The minimum absolute atomic E-state index is 0.162. The molecule has 0 saturated carbocycles. The number of aromatic nitrogens is 3. The summed E-state index contributed by atoms with van der Waals surface area (Å²) in [6, 6.07) is 18.7. The van der Waals surface area contributed by atoms with Crippen molar-refractivity contribution in [3.63, 3.8) is 0 Å². The van der Waals surface area contributed by atoms with Crippen LogP contribution in [0.4, 0.5) is 5.69 Å². The summed E-state index contributed by atoms with van der Waals surface area (Å²) >= 11 is 1.30. The maximum absolute atomic E-state index is 12.7. The summed E-state index contributed by atoms with van der Waals surface area (Å²) in [5.74, 6) is 2.78. The van der Waals surface area contributed by atoms with E-state index >= 15 is 0 Å². The number of hydrogen-bond donors (Lipinski definition) is 1. The van der Waals surface area contributed by atoms with Gasteiger partial charge in [-0.15, -0.1) is 10.2 Å². The number of carbonyl (C=O) groups is 1. The zero-order chi connectivity index (χ0) is 23.0. The van der Waals surface area contributed by atoms with Crippen molar-refractivity contribution < 1.29 is 18.7 Å². The van der Waals surface area contributed by atoms with Gasteiger partial charge in [0.15, 0.2) is 11.0 Å². The van der Waals surface area contributed by atoms with Crippen molar-refractivity contribution in [2.24, 2.45) is 0 Å². The molecule has 0 bridgehead atoms. The highest BCUT2D eigenvalue weighted by molar-refractivity contribution is 7.99. The summed E-state index contributed by atoms with van der Waals surface area (Å²) in [6.45, 7) is 2.86. The van der Waals surface area contributed by atoms with Crippen molar-refractivity contribution in [2.75, 3.05) is 24.8 Å². The lowest BCUT2D eigenvalue weighted by atomic mass is 10.2. The molecule has 8 nitrogen and oxygen atoms in total. The van der Waals surface area contributed by atoms with Crippen LogP contribution in [0.15, 0.2) is 76.5 Å². The molecule has 0 aliphatic rings. The van der Waals surface area contributed by atoms with Gasteiger partial charge in [0, 0.05) is 5.56 Å². The van der Waals surface area contributed by atoms with Crippen LogP contribution in [0.2, 0.25) is 0 Å². The smallest absolute Gasteiger partial charge is 0.234 e. The van der Waals surface area contributed by atoms with Crippen LogP contribution in [0.1, 0.15) is 12.7 Å². The first kappa shape index (κ1) is 22.5. The lowest BCUT2D eigenvalue weighted by molar-refractivity contribution is -0.113. The fourth-order valence-corrected chi connectivity index (χ4v) is 3.98. The molecule has 1 amide bonds. The second kappa shape index (κ2) is 10.7. The molecular weight excluding hydrogens is 440 g/mol. The highest BCUT2D eigenvalue weighted by Crippen LogP contribution is 2.28. The monoisotopic (exact) mass is 464 g/mol. The van der Waals surface area contributed by atoms with Gasteiger partial charge in [-0.25, -0.2) is 0 Å². The van der Waals surface area contributed by atoms with Gasteiger partial charge in [-0.05, 0) is 43.3 Å². The summed E-state index contributed by atoms with van der Waals surface area (Å²) in [4.78, 5) is 12.7. The molecule has 9 heteroatoms. The molecule has 1 N–H and O–H groups in total. The van der Waals surface area contributed by atoms with Crippen molar-refractivity contribution in [3.8, 4) is 22.9 Å². The summed E-state index contributed by atoms with van der Waals surface area (Å²) in [6.07, 6.45) is 1.63. The number of rotatable bonds is 10. The van der Waals surface area contributed by atoms with Crippen LogP contribution in [0.3, 0.4) is 0 Å². The third-order valence-electron chi connectivity index (χ3n) is 4.73. The van der Waals surface area contributed by atoms with Crippen LogP contribution in [0, 0.1) is 0 Å². The van der Waals surface area contributed by atoms with Gasteiger partial charge in [0.25, 0.3) is 0 Å². The molecule has 0 spiro atoms. The molecule has 0 atom stereocenters. The quantitative estimate of drug-likeness (QED) is 0.339. The van der Waals surface area contributed by atoms with Crippen molar-refractivity contribution in [2.45, 2.75) is 18.6 Å². The molecule has 0 radical (unpaired) electrons. The molecule has 4 aromatic rings. The van der Waals surface area contributed by atoms with E-state index in [4.69, 9.17) is 13.9 Å². The van der Waals surface area contributed by atoms with E-state index in [1.807, 2.05) is 72.2 Å². The highest BCUT2D eigenvalue weighted by Gasteiger charge is 2.18. The van der Waals surface area contributed by atoms with E-state index in [2.05, 4.69) is 15.5 Å². The van der Waals surface area contributed by atoms with E-state index in [1.165, 1.54) is 11.8 Å². The molecule has 0 aliphatic heterocycles. The van der Waals surface area contributed by atoms with Gasteiger partial charge < -0.3 is 19.2 Å². The number of thioether (sulfide) groups is 1. The van der Waals surface area contributed by atoms with E-state index in [9.17, 15) is 4.79 Å². The van der Waals surface area contributed by atoms with Crippen LogP contribution in [-0.2, 0) is 11.3 Å². The SMILES string of the molecule is CCOc1ccccc1NC(=O)CSc1nnc(-c2cccc(OC)c2)n1Cc1ccco1. The predicted molar refractivity (Wildman–Crippen MR) is 127 cm³/mol. The van der Waals surface area contributed by atoms with Gasteiger partial charge in [-0.3, -0.25) is 9.36 Å². The normalized spacial score (nSPS) is 10.7. The number of hydrogen-bond acceptors (Lipinski definition) is 7. The second-order valence-corrected chi connectivity index (χ2v) is 7.91.